The first-order valence-electron chi connectivity index (χ1n) is 6.28. The minimum atomic E-state index is -0.452. The second-order valence-corrected chi connectivity index (χ2v) is 6.41. The number of β-amino-alcohol motifs (C(OH)–C–C–N with tert-alkyl or cyclic N) is 1. The van der Waals surface area contributed by atoms with Gasteiger partial charge in [-0.2, -0.15) is 0 Å². The van der Waals surface area contributed by atoms with Crippen LogP contribution < -0.4 is 5.32 Å². The molecule has 1 rings (SSSR count). The summed E-state index contributed by atoms with van der Waals surface area (Å²) in [6, 6.07) is 0. The van der Waals surface area contributed by atoms with E-state index in [1.165, 1.54) is 4.88 Å². The SMILES string of the molecule is Cc1ncsc1CCOCC(O)CNC(C)(C)C. The largest absolute Gasteiger partial charge is 0.389 e. The number of aliphatic hydroxyl groups is 1. The van der Waals surface area contributed by atoms with E-state index in [1.807, 2.05) is 12.4 Å². The van der Waals surface area contributed by atoms with Gasteiger partial charge in [0.25, 0.3) is 0 Å². The second kappa shape index (κ2) is 7.19. The summed E-state index contributed by atoms with van der Waals surface area (Å²) in [6.45, 7) is 9.81. The summed E-state index contributed by atoms with van der Waals surface area (Å²) in [5, 5.41) is 13.0. The molecule has 0 bridgehead atoms. The number of nitrogens with zero attached hydrogens (tertiary/aromatic N) is 1. The lowest BCUT2D eigenvalue weighted by molar-refractivity contribution is 0.0355. The quantitative estimate of drug-likeness (QED) is 0.743. The molecule has 1 unspecified atom stereocenters. The molecule has 0 radical (unpaired) electrons. The zero-order valence-corrected chi connectivity index (χ0v) is 12.5. The summed E-state index contributed by atoms with van der Waals surface area (Å²) in [5.74, 6) is 0. The number of nitrogens with one attached hydrogen (secondary N) is 1. The zero-order chi connectivity index (χ0) is 13.6. The van der Waals surface area contributed by atoms with Gasteiger partial charge in [0, 0.05) is 23.4 Å². The second-order valence-electron chi connectivity index (χ2n) is 5.47. The standard InChI is InChI=1S/C13H24N2O2S/c1-10-12(18-9-14-10)5-6-17-8-11(16)7-15-13(2,3)4/h9,11,15-16H,5-8H2,1-4H3. The van der Waals surface area contributed by atoms with Crippen LogP contribution in [0.2, 0.25) is 0 Å². The van der Waals surface area contributed by atoms with Crippen molar-refractivity contribution in [2.75, 3.05) is 19.8 Å². The van der Waals surface area contributed by atoms with Crippen LogP contribution in [0.3, 0.4) is 0 Å². The summed E-state index contributed by atoms with van der Waals surface area (Å²) in [7, 11) is 0. The lowest BCUT2D eigenvalue weighted by Gasteiger charge is -2.22. The Hall–Kier alpha value is -0.490. The number of rotatable bonds is 7. The predicted octanol–water partition coefficient (Wildman–Crippen LogP) is 1.76. The molecule has 0 aliphatic carbocycles. The lowest BCUT2D eigenvalue weighted by Crippen LogP contribution is -2.42. The normalized spacial score (nSPS) is 13.8. The molecule has 1 atom stereocenters. The summed E-state index contributed by atoms with van der Waals surface area (Å²) < 4.78 is 5.48. The number of aliphatic hydroxyl groups excluding tert-OH is 1. The minimum Gasteiger partial charge on any atom is -0.389 e. The molecule has 0 amide bonds. The Balaban J connectivity index is 2.09. The fraction of sp³-hybridized carbons (Fsp3) is 0.769. The average molecular weight is 272 g/mol. The highest BCUT2D eigenvalue weighted by Gasteiger charge is 2.12. The van der Waals surface area contributed by atoms with Crippen LogP contribution in [0.25, 0.3) is 0 Å². The molecule has 0 spiro atoms. The van der Waals surface area contributed by atoms with Crippen molar-refractivity contribution in [3.05, 3.63) is 16.1 Å². The molecule has 1 heterocycles. The van der Waals surface area contributed by atoms with E-state index in [0.717, 1.165) is 12.1 Å². The number of thiazole rings is 1. The Labute approximate surface area is 113 Å². The third kappa shape index (κ3) is 6.44. The van der Waals surface area contributed by atoms with Crippen molar-refractivity contribution in [2.45, 2.75) is 45.8 Å². The smallest absolute Gasteiger partial charge is 0.0897 e. The number of aryl methyl sites for hydroxylation is 1. The molecule has 0 aliphatic rings. The van der Waals surface area contributed by atoms with Crippen molar-refractivity contribution in [2.24, 2.45) is 0 Å². The van der Waals surface area contributed by atoms with Gasteiger partial charge in [-0.05, 0) is 27.7 Å². The van der Waals surface area contributed by atoms with Gasteiger partial charge in [-0.25, -0.2) is 4.98 Å². The monoisotopic (exact) mass is 272 g/mol. The first-order valence-corrected chi connectivity index (χ1v) is 7.16. The van der Waals surface area contributed by atoms with E-state index >= 15 is 0 Å². The van der Waals surface area contributed by atoms with Crippen molar-refractivity contribution >= 4 is 11.3 Å². The summed E-state index contributed by atoms with van der Waals surface area (Å²) in [5.41, 5.74) is 2.96. The molecule has 5 heteroatoms. The molecule has 0 saturated carbocycles. The molecule has 0 saturated heterocycles. The predicted molar refractivity (Wildman–Crippen MR) is 75.1 cm³/mol. The first-order chi connectivity index (χ1) is 8.38. The summed E-state index contributed by atoms with van der Waals surface area (Å²) in [6.07, 6.45) is 0.419. The van der Waals surface area contributed by atoms with Crippen LogP contribution in [0.5, 0.6) is 0 Å². The molecule has 0 fully saturated rings. The number of ether oxygens (including phenoxy) is 1. The Bertz CT molecular complexity index is 347. The molecule has 104 valence electrons. The fourth-order valence-electron chi connectivity index (χ4n) is 1.43. The van der Waals surface area contributed by atoms with Gasteiger partial charge in [-0.3, -0.25) is 0 Å². The maximum Gasteiger partial charge on any atom is 0.0897 e. The minimum absolute atomic E-state index is 0.0285. The van der Waals surface area contributed by atoms with Gasteiger partial charge in [0.1, 0.15) is 0 Å². The van der Waals surface area contributed by atoms with E-state index in [9.17, 15) is 5.11 Å². The van der Waals surface area contributed by atoms with Gasteiger partial charge in [-0.1, -0.05) is 0 Å². The van der Waals surface area contributed by atoms with Crippen LogP contribution in [-0.4, -0.2) is 41.5 Å². The fourth-order valence-corrected chi connectivity index (χ4v) is 2.20. The number of aromatic nitrogens is 1. The molecule has 1 aromatic rings. The van der Waals surface area contributed by atoms with Crippen LogP contribution in [0.15, 0.2) is 5.51 Å². The lowest BCUT2D eigenvalue weighted by atomic mass is 10.1. The van der Waals surface area contributed by atoms with Crippen LogP contribution in [0, 0.1) is 6.92 Å². The van der Waals surface area contributed by atoms with Crippen LogP contribution in [0.4, 0.5) is 0 Å². The third-order valence-corrected chi connectivity index (χ3v) is 3.49. The molecular weight excluding hydrogens is 248 g/mol. The molecule has 1 aromatic heterocycles. The molecule has 18 heavy (non-hydrogen) atoms. The summed E-state index contributed by atoms with van der Waals surface area (Å²) in [4.78, 5) is 5.45. The van der Waals surface area contributed by atoms with Crippen molar-refractivity contribution in [1.82, 2.24) is 10.3 Å². The Morgan fingerprint density at radius 2 is 2.22 bits per heavy atom. The number of hydrogen-bond donors (Lipinski definition) is 2. The Kier molecular flexibility index (Phi) is 6.21. The van der Waals surface area contributed by atoms with E-state index in [0.29, 0.717) is 19.8 Å². The molecular formula is C13H24N2O2S. The van der Waals surface area contributed by atoms with Crippen molar-refractivity contribution in [3.8, 4) is 0 Å². The van der Waals surface area contributed by atoms with Gasteiger partial charge in [-0.15, -0.1) is 11.3 Å². The Morgan fingerprint density at radius 1 is 1.50 bits per heavy atom. The van der Waals surface area contributed by atoms with Gasteiger partial charge in [0.2, 0.25) is 0 Å². The maximum absolute atomic E-state index is 9.73. The average Bonchev–Trinajstić information content (AvgIpc) is 2.67. The van der Waals surface area contributed by atoms with Gasteiger partial charge < -0.3 is 15.2 Å². The first kappa shape index (κ1) is 15.6. The Morgan fingerprint density at radius 3 is 2.78 bits per heavy atom. The van der Waals surface area contributed by atoms with E-state index in [1.54, 1.807) is 11.3 Å². The van der Waals surface area contributed by atoms with E-state index in [-0.39, 0.29) is 5.54 Å². The molecule has 4 nitrogen and oxygen atoms in total. The maximum atomic E-state index is 9.73. The van der Waals surface area contributed by atoms with Gasteiger partial charge >= 0.3 is 0 Å². The van der Waals surface area contributed by atoms with Crippen molar-refractivity contribution < 1.29 is 9.84 Å². The van der Waals surface area contributed by atoms with Gasteiger partial charge in [0.05, 0.1) is 30.5 Å². The molecule has 0 aliphatic heterocycles. The topological polar surface area (TPSA) is 54.4 Å². The summed E-state index contributed by atoms with van der Waals surface area (Å²) >= 11 is 1.66. The van der Waals surface area contributed by atoms with Crippen LogP contribution >= 0.6 is 11.3 Å². The molecule has 0 aromatic carbocycles. The number of hydrogen-bond acceptors (Lipinski definition) is 5. The molecule has 2 N–H and O–H groups in total. The highest BCUT2D eigenvalue weighted by molar-refractivity contribution is 7.09. The van der Waals surface area contributed by atoms with Crippen LogP contribution in [0.1, 0.15) is 31.3 Å². The van der Waals surface area contributed by atoms with Gasteiger partial charge in [0.15, 0.2) is 0 Å². The highest BCUT2D eigenvalue weighted by atomic mass is 32.1. The van der Waals surface area contributed by atoms with E-state index in [4.69, 9.17) is 4.74 Å². The van der Waals surface area contributed by atoms with E-state index < -0.39 is 6.10 Å². The third-order valence-electron chi connectivity index (χ3n) is 2.50. The van der Waals surface area contributed by atoms with Crippen LogP contribution in [-0.2, 0) is 11.2 Å². The highest BCUT2D eigenvalue weighted by Crippen LogP contribution is 2.12. The zero-order valence-electron chi connectivity index (χ0n) is 11.7. The van der Waals surface area contributed by atoms with Crippen molar-refractivity contribution in [1.29, 1.82) is 0 Å². The van der Waals surface area contributed by atoms with Crippen molar-refractivity contribution in [3.63, 3.8) is 0 Å². The van der Waals surface area contributed by atoms with E-state index in [2.05, 4.69) is 31.1 Å².